The lowest BCUT2D eigenvalue weighted by Crippen LogP contribution is -2.35. The normalized spacial score (nSPS) is 20.8. The summed E-state index contributed by atoms with van der Waals surface area (Å²) in [7, 11) is 4.18. The van der Waals surface area contributed by atoms with Gasteiger partial charge in [0, 0.05) is 30.4 Å². The number of carbonyl (C=O) groups is 1. The van der Waals surface area contributed by atoms with Crippen molar-refractivity contribution in [1.29, 1.82) is 0 Å². The van der Waals surface area contributed by atoms with E-state index in [9.17, 15) is 4.79 Å². The van der Waals surface area contributed by atoms with E-state index in [1.807, 2.05) is 16.5 Å². The van der Waals surface area contributed by atoms with Crippen LogP contribution in [0.3, 0.4) is 0 Å². The number of amides is 1. The lowest BCUT2D eigenvalue weighted by Gasteiger charge is -2.25. The van der Waals surface area contributed by atoms with Crippen LogP contribution in [-0.2, 0) is 0 Å². The quantitative estimate of drug-likeness (QED) is 0.783. The van der Waals surface area contributed by atoms with Crippen LogP contribution in [-0.4, -0.2) is 60.2 Å². The highest BCUT2D eigenvalue weighted by Crippen LogP contribution is 2.32. The fourth-order valence-corrected chi connectivity index (χ4v) is 4.46. The first-order valence-electron chi connectivity index (χ1n) is 8.01. The fourth-order valence-electron chi connectivity index (χ4n) is 3.23. The van der Waals surface area contributed by atoms with Crippen LogP contribution in [0.4, 0.5) is 0 Å². The highest BCUT2D eigenvalue weighted by molar-refractivity contribution is 8.00. The molecule has 0 aliphatic carbocycles. The maximum atomic E-state index is 12.8. The Morgan fingerprint density at radius 1 is 1.29 bits per heavy atom. The Morgan fingerprint density at radius 2 is 2.00 bits per heavy atom. The van der Waals surface area contributed by atoms with Crippen molar-refractivity contribution in [2.75, 3.05) is 33.4 Å². The summed E-state index contributed by atoms with van der Waals surface area (Å²) in [6.45, 7) is 3.59. The molecule has 24 heavy (non-hydrogen) atoms. The molecule has 2 aromatic rings. The van der Waals surface area contributed by atoms with Gasteiger partial charge in [-0.25, -0.2) is 4.98 Å². The van der Waals surface area contributed by atoms with Gasteiger partial charge in [-0.15, -0.1) is 11.3 Å². The maximum absolute atomic E-state index is 12.8. The molecule has 0 saturated carbocycles. The van der Waals surface area contributed by atoms with Gasteiger partial charge in [-0.2, -0.15) is 0 Å². The zero-order valence-electron chi connectivity index (χ0n) is 14.5. The van der Waals surface area contributed by atoms with Crippen LogP contribution < -0.4 is 0 Å². The minimum Gasteiger partial charge on any atom is -0.335 e. The number of hydrogen-bond donors (Lipinski definition) is 0. The summed E-state index contributed by atoms with van der Waals surface area (Å²) < 4.78 is 0.941. The van der Waals surface area contributed by atoms with Gasteiger partial charge in [0.15, 0.2) is 0 Å². The third kappa shape index (κ3) is 3.50. The number of aryl methyl sites for hydroxylation is 1. The van der Waals surface area contributed by atoms with Gasteiger partial charge in [-0.05, 0) is 32.8 Å². The zero-order chi connectivity index (χ0) is 17.3. The molecule has 1 amide bonds. The van der Waals surface area contributed by atoms with E-state index < -0.39 is 0 Å². The van der Waals surface area contributed by atoms with Crippen molar-refractivity contribution in [3.8, 4) is 0 Å². The number of thiazole rings is 1. The van der Waals surface area contributed by atoms with Crippen LogP contribution >= 0.6 is 23.1 Å². The predicted octanol–water partition coefficient (Wildman–Crippen LogP) is 3.34. The van der Waals surface area contributed by atoms with Crippen LogP contribution in [0.2, 0.25) is 0 Å². The molecule has 0 N–H and O–H groups in total. The van der Waals surface area contributed by atoms with Gasteiger partial charge in [-0.3, -0.25) is 4.79 Å². The first-order chi connectivity index (χ1) is 11.5. The number of nitrogens with zero attached hydrogens (tertiary/aromatic N) is 3. The molecule has 6 heteroatoms. The molecule has 4 nitrogen and oxygen atoms in total. The van der Waals surface area contributed by atoms with Crippen LogP contribution in [0.15, 0.2) is 34.0 Å². The Kier molecular flexibility index (Phi) is 5.27. The van der Waals surface area contributed by atoms with Crippen molar-refractivity contribution in [3.05, 3.63) is 46.5 Å². The number of thioether (sulfide) groups is 1. The molecule has 0 spiro atoms. The van der Waals surface area contributed by atoms with Crippen molar-refractivity contribution in [2.45, 2.75) is 23.2 Å². The number of likely N-dealkylation sites (tertiary alicyclic amines) is 1. The molecule has 1 saturated heterocycles. The van der Waals surface area contributed by atoms with E-state index in [0.29, 0.717) is 17.7 Å². The number of hydrogen-bond acceptors (Lipinski definition) is 5. The molecule has 0 radical (unpaired) electrons. The number of carbonyl (C=O) groups excluding carboxylic acids is 1. The average Bonchev–Trinajstić information content (AvgIpc) is 3.22. The number of aromatic nitrogens is 1. The minimum atomic E-state index is 0.0491. The molecule has 2 unspecified atom stereocenters. The van der Waals surface area contributed by atoms with E-state index in [2.05, 4.69) is 55.2 Å². The predicted molar refractivity (Wildman–Crippen MR) is 101 cm³/mol. The lowest BCUT2D eigenvalue weighted by atomic mass is 9.93. The van der Waals surface area contributed by atoms with Gasteiger partial charge in [0.05, 0.1) is 0 Å². The van der Waals surface area contributed by atoms with Crippen LogP contribution in [0.25, 0.3) is 0 Å². The molecule has 128 valence electrons. The molecule has 2 atom stereocenters. The van der Waals surface area contributed by atoms with E-state index in [1.165, 1.54) is 22.5 Å². The smallest absolute Gasteiger partial charge is 0.273 e. The fraction of sp³-hybridized carbons (Fsp3) is 0.444. The monoisotopic (exact) mass is 361 g/mol. The van der Waals surface area contributed by atoms with E-state index in [1.54, 1.807) is 11.8 Å². The van der Waals surface area contributed by atoms with Gasteiger partial charge in [0.2, 0.25) is 0 Å². The second kappa shape index (κ2) is 7.25. The minimum absolute atomic E-state index is 0.0491. The van der Waals surface area contributed by atoms with E-state index in [0.717, 1.165) is 17.4 Å². The Bertz CT molecular complexity index is 711. The highest BCUT2D eigenvalue weighted by atomic mass is 32.2. The first kappa shape index (κ1) is 17.5. The molecule has 1 aromatic heterocycles. The van der Waals surface area contributed by atoms with Crippen LogP contribution in [0.5, 0.6) is 0 Å². The standard InChI is InChI=1S/C18H23N3OS2/c1-12-5-7-13(8-6-12)14-9-21(10-16(14)20(2)3)17(22)15-11-24-18(19-15)23-4/h5-8,11,14,16H,9-10H2,1-4H3. The lowest BCUT2D eigenvalue weighted by molar-refractivity contribution is 0.0777. The number of benzene rings is 1. The summed E-state index contributed by atoms with van der Waals surface area (Å²) in [6.07, 6.45) is 1.98. The van der Waals surface area contributed by atoms with Crippen LogP contribution in [0, 0.1) is 6.92 Å². The van der Waals surface area contributed by atoms with Crippen LogP contribution in [0.1, 0.15) is 27.5 Å². The van der Waals surface area contributed by atoms with Crippen molar-refractivity contribution in [2.24, 2.45) is 0 Å². The van der Waals surface area contributed by atoms with Gasteiger partial charge in [-0.1, -0.05) is 41.6 Å². The first-order valence-corrected chi connectivity index (χ1v) is 10.1. The molecular formula is C18H23N3OS2. The third-order valence-electron chi connectivity index (χ3n) is 4.62. The Morgan fingerprint density at radius 3 is 2.58 bits per heavy atom. The molecule has 1 aromatic carbocycles. The van der Waals surface area contributed by atoms with Gasteiger partial charge in [0.25, 0.3) is 5.91 Å². The van der Waals surface area contributed by atoms with Crippen molar-refractivity contribution in [1.82, 2.24) is 14.8 Å². The molecule has 2 heterocycles. The van der Waals surface area contributed by atoms with E-state index in [-0.39, 0.29) is 5.91 Å². The zero-order valence-corrected chi connectivity index (χ0v) is 16.2. The summed E-state index contributed by atoms with van der Waals surface area (Å²) in [4.78, 5) is 21.4. The summed E-state index contributed by atoms with van der Waals surface area (Å²) in [5.41, 5.74) is 3.14. The van der Waals surface area contributed by atoms with Crippen molar-refractivity contribution >= 4 is 29.0 Å². The van der Waals surface area contributed by atoms with Crippen molar-refractivity contribution in [3.63, 3.8) is 0 Å². The second-order valence-electron chi connectivity index (χ2n) is 6.46. The summed E-state index contributed by atoms with van der Waals surface area (Å²) in [5.74, 6) is 0.385. The Labute approximate surface area is 151 Å². The van der Waals surface area contributed by atoms with E-state index in [4.69, 9.17) is 0 Å². The molecule has 1 fully saturated rings. The molecular weight excluding hydrogens is 338 g/mol. The molecule has 1 aliphatic rings. The average molecular weight is 362 g/mol. The summed E-state index contributed by atoms with van der Waals surface area (Å²) in [5, 5.41) is 1.87. The summed E-state index contributed by atoms with van der Waals surface area (Å²) >= 11 is 3.12. The third-order valence-corrected chi connectivity index (χ3v) is 6.49. The highest BCUT2D eigenvalue weighted by Gasteiger charge is 2.38. The molecule has 3 rings (SSSR count). The SMILES string of the molecule is CSc1nc(C(=O)N2CC(c3ccc(C)cc3)C(N(C)C)C2)cs1. The van der Waals surface area contributed by atoms with Gasteiger partial charge < -0.3 is 9.80 Å². The second-order valence-corrected chi connectivity index (χ2v) is 8.37. The molecule has 0 bridgehead atoms. The van der Waals surface area contributed by atoms with Gasteiger partial charge in [0.1, 0.15) is 10.0 Å². The number of likely N-dealkylation sites (N-methyl/N-ethyl adjacent to an activating group) is 1. The molecule has 1 aliphatic heterocycles. The summed E-state index contributed by atoms with van der Waals surface area (Å²) in [6, 6.07) is 9.02. The van der Waals surface area contributed by atoms with E-state index >= 15 is 0 Å². The topological polar surface area (TPSA) is 36.4 Å². The van der Waals surface area contributed by atoms with Crippen molar-refractivity contribution < 1.29 is 4.79 Å². The van der Waals surface area contributed by atoms with Gasteiger partial charge >= 0.3 is 0 Å². The Balaban J connectivity index is 1.81. The number of rotatable bonds is 4. The largest absolute Gasteiger partial charge is 0.335 e. The maximum Gasteiger partial charge on any atom is 0.273 e. The Hall–Kier alpha value is -1.37.